The van der Waals surface area contributed by atoms with E-state index in [9.17, 15) is 13.2 Å². The van der Waals surface area contributed by atoms with Crippen LogP contribution in [0.25, 0.3) is 50.3 Å². The topological polar surface area (TPSA) is 75.0 Å². The zero-order valence-corrected chi connectivity index (χ0v) is 26.5. The zero-order chi connectivity index (χ0) is 34.2. The Labute approximate surface area is 284 Å². The van der Waals surface area contributed by atoms with Gasteiger partial charge in [0.05, 0.1) is 28.0 Å². The molecule has 7 nitrogen and oxygen atoms in total. The molecule has 0 spiro atoms. The van der Waals surface area contributed by atoms with Gasteiger partial charge in [-0.25, -0.2) is 9.97 Å². The number of fused-ring (bicyclic) bond motifs is 3. The van der Waals surface area contributed by atoms with Crippen LogP contribution in [0.3, 0.4) is 0 Å². The number of pyridine rings is 2. The minimum Gasteiger partial charge on any atom is -0.457 e. The maximum atomic E-state index is 13.1. The molecule has 0 saturated heterocycles. The molecule has 244 valence electrons. The highest BCUT2D eigenvalue weighted by Gasteiger charge is 2.30. The Hall–Kier alpha value is -6.55. The molecule has 4 heterocycles. The fourth-order valence-corrected chi connectivity index (χ4v) is 5.81. The summed E-state index contributed by atoms with van der Waals surface area (Å²) in [6.07, 6.45) is 1.59. The van der Waals surface area contributed by atoms with E-state index in [0.717, 1.165) is 50.9 Å². The summed E-state index contributed by atoms with van der Waals surface area (Å²) in [7, 11) is 0. The molecule has 0 aliphatic rings. The minimum atomic E-state index is -4.46. The zero-order valence-electron chi connectivity index (χ0n) is 26.5. The summed E-state index contributed by atoms with van der Waals surface area (Å²) in [4.78, 5) is 17.7. The number of alkyl halides is 3. The van der Waals surface area contributed by atoms with Crippen LogP contribution in [0, 0.1) is 6.92 Å². The quantitative estimate of drug-likeness (QED) is 0.169. The fourth-order valence-electron chi connectivity index (χ4n) is 5.81. The standard InChI is InChI=1S/C40H26F3N5O2/c1-25-9-15-35(46-23-25)26-5-2-7-29(19-26)49-31-11-13-33-34-14-12-32(22-38(34)48(37(33)21-31)39-44-17-4-18-45-39)50-30-8-3-6-27(20-30)36-16-10-28(24-47-36)40(41,42)43/h2-24H,1H3. The third-order valence-electron chi connectivity index (χ3n) is 8.20. The normalized spacial score (nSPS) is 11.6. The highest BCUT2D eigenvalue weighted by Crippen LogP contribution is 2.38. The lowest BCUT2D eigenvalue weighted by Gasteiger charge is -2.10. The Kier molecular flexibility index (Phi) is 7.68. The predicted molar refractivity (Wildman–Crippen MR) is 186 cm³/mol. The number of benzene rings is 4. The molecule has 0 aliphatic heterocycles. The average Bonchev–Trinajstić information content (AvgIpc) is 3.45. The number of ether oxygens (including phenoxy) is 2. The van der Waals surface area contributed by atoms with Crippen molar-refractivity contribution in [3.05, 3.63) is 151 Å². The van der Waals surface area contributed by atoms with E-state index in [4.69, 9.17) is 9.47 Å². The third kappa shape index (κ3) is 6.10. The number of hydrogen-bond acceptors (Lipinski definition) is 6. The van der Waals surface area contributed by atoms with Crippen LogP contribution in [0.15, 0.2) is 140 Å². The molecule has 10 heteroatoms. The second kappa shape index (κ2) is 12.5. The van der Waals surface area contributed by atoms with Crippen LogP contribution in [0.2, 0.25) is 0 Å². The summed E-state index contributed by atoms with van der Waals surface area (Å²) in [6.45, 7) is 2.01. The molecule has 8 aromatic rings. The lowest BCUT2D eigenvalue weighted by molar-refractivity contribution is -0.137. The highest BCUT2D eigenvalue weighted by atomic mass is 19.4. The van der Waals surface area contributed by atoms with Gasteiger partial charge >= 0.3 is 6.18 Å². The van der Waals surface area contributed by atoms with Crippen LogP contribution < -0.4 is 9.47 Å². The van der Waals surface area contributed by atoms with Crippen molar-refractivity contribution >= 4 is 21.8 Å². The molecule has 0 aliphatic carbocycles. The van der Waals surface area contributed by atoms with Crippen LogP contribution in [0.5, 0.6) is 23.0 Å². The molecular weight excluding hydrogens is 639 g/mol. The second-order valence-corrected chi connectivity index (χ2v) is 11.7. The average molecular weight is 666 g/mol. The molecule has 50 heavy (non-hydrogen) atoms. The molecule has 0 saturated carbocycles. The summed E-state index contributed by atoms with van der Waals surface area (Å²) in [6, 6.07) is 34.7. The van der Waals surface area contributed by atoms with Gasteiger partial charge in [0.25, 0.3) is 0 Å². The Balaban J connectivity index is 1.14. The summed E-state index contributed by atoms with van der Waals surface area (Å²) in [5, 5.41) is 1.93. The van der Waals surface area contributed by atoms with Gasteiger partial charge in [0.2, 0.25) is 5.95 Å². The maximum Gasteiger partial charge on any atom is 0.417 e. The second-order valence-electron chi connectivity index (χ2n) is 11.7. The van der Waals surface area contributed by atoms with Crippen molar-refractivity contribution in [2.75, 3.05) is 0 Å². The lowest BCUT2D eigenvalue weighted by atomic mass is 10.1. The van der Waals surface area contributed by atoms with Crippen LogP contribution >= 0.6 is 0 Å². The van der Waals surface area contributed by atoms with Crippen molar-refractivity contribution in [1.82, 2.24) is 24.5 Å². The monoisotopic (exact) mass is 665 g/mol. The fraction of sp³-hybridized carbons (Fsp3) is 0.0500. The summed E-state index contributed by atoms with van der Waals surface area (Å²) in [5.41, 5.74) is 4.77. The van der Waals surface area contributed by atoms with Gasteiger partial charge in [-0.05, 0) is 85.3 Å². The number of hydrogen-bond donors (Lipinski definition) is 0. The van der Waals surface area contributed by atoms with Crippen molar-refractivity contribution in [3.8, 4) is 51.5 Å². The van der Waals surface area contributed by atoms with E-state index < -0.39 is 11.7 Å². The SMILES string of the molecule is Cc1ccc(-c2cccc(Oc3ccc4c5ccc(Oc6cccc(-c7ccc(C(F)(F)F)cn7)c6)cc5n(-c5ncccn5)c4c3)c2)nc1. The van der Waals surface area contributed by atoms with E-state index in [1.54, 1.807) is 42.7 Å². The lowest BCUT2D eigenvalue weighted by Crippen LogP contribution is -2.05. The smallest absolute Gasteiger partial charge is 0.417 e. The summed E-state index contributed by atoms with van der Waals surface area (Å²) >= 11 is 0. The van der Waals surface area contributed by atoms with Crippen molar-refractivity contribution in [2.24, 2.45) is 0 Å². The molecule has 4 aromatic heterocycles. The number of aromatic nitrogens is 5. The molecule has 0 atom stereocenters. The minimum absolute atomic E-state index is 0.400. The third-order valence-corrected chi connectivity index (χ3v) is 8.20. The van der Waals surface area contributed by atoms with E-state index >= 15 is 0 Å². The van der Waals surface area contributed by atoms with E-state index in [-0.39, 0.29) is 0 Å². The maximum absolute atomic E-state index is 13.1. The van der Waals surface area contributed by atoms with Crippen molar-refractivity contribution in [2.45, 2.75) is 13.1 Å². The first-order chi connectivity index (χ1) is 24.3. The molecular formula is C40H26F3N5O2. The predicted octanol–water partition coefficient (Wildman–Crippen LogP) is 10.6. The van der Waals surface area contributed by atoms with Crippen molar-refractivity contribution in [3.63, 3.8) is 0 Å². The Morgan fingerprint density at radius 3 is 1.58 bits per heavy atom. The van der Waals surface area contributed by atoms with Gasteiger partial charge < -0.3 is 9.47 Å². The van der Waals surface area contributed by atoms with Crippen molar-refractivity contribution in [1.29, 1.82) is 0 Å². The molecule has 0 N–H and O–H groups in total. The molecule has 0 bridgehead atoms. The Morgan fingerprint density at radius 1 is 0.540 bits per heavy atom. The van der Waals surface area contributed by atoms with Gasteiger partial charge in [0, 0.05) is 58.8 Å². The van der Waals surface area contributed by atoms with Crippen LogP contribution in [-0.4, -0.2) is 24.5 Å². The molecule has 0 fully saturated rings. The number of nitrogens with zero attached hydrogens (tertiary/aromatic N) is 5. The van der Waals surface area contributed by atoms with Gasteiger partial charge in [-0.15, -0.1) is 0 Å². The van der Waals surface area contributed by atoms with E-state index in [1.807, 2.05) is 90.5 Å². The Morgan fingerprint density at radius 2 is 1.08 bits per heavy atom. The molecule has 0 unspecified atom stereocenters. The van der Waals surface area contributed by atoms with E-state index in [1.165, 1.54) is 6.07 Å². The van der Waals surface area contributed by atoms with Gasteiger partial charge in [-0.3, -0.25) is 14.5 Å². The first-order valence-corrected chi connectivity index (χ1v) is 15.7. The van der Waals surface area contributed by atoms with Gasteiger partial charge in [0.15, 0.2) is 0 Å². The first kappa shape index (κ1) is 30.8. The van der Waals surface area contributed by atoms with Crippen LogP contribution in [0.1, 0.15) is 11.1 Å². The number of aryl methyl sites for hydroxylation is 1. The van der Waals surface area contributed by atoms with Crippen LogP contribution in [-0.2, 0) is 6.18 Å². The largest absolute Gasteiger partial charge is 0.457 e. The molecule has 0 radical (unpaired) electrons. The highest BCUT2D eigenvalue weighted by molar-refractivity contribution is 6.09. The van der Waals surface area contributed by atoms with E-state index in [0.29, 0.717) is 40.2 Å². The van der Waals surface area contributed by atoms with Crippen LogP contribution in [0.4, 0.5) is 13.2 Å². The Bertz CT molecular complexity index is 2480. The van der Waals surface area contributed by atoms with E-state index in [2.05, 4.69) is 19.9 Å². The molecule has 0 amide bonds. The number of rotatable bonds is 7. The number of halogens is 3. The summed E-state index contributed by atoms with van der Waals surface area (Å²) in [5.74, 6) is 2.84. The van der Waals surface area contributed by atoms with Gasteiger partial charge in [-0.2, -0.15) is 13.2 Å². The molecule has 4 aromatic carbocycles. The van der Waals surface area contributed by atoms with Crippen molar-refractivity contribution < 1.29 is 22.6 Å². The molecule has 8 rings (SSSR count). The summed E-state index contributed by atoms with van der Waals surface area (Å²) < 4.78 is 53.8. The van der Waals surface area contributed by atoms with Gasteiger partial charge in [0.1, 0.15) is 23.0 Å². The first-order valence-electron chi connectivity index (χ1n) is 15.7. The van der Waals surface area contributed by atoms with Gasteiger partial charge in [-0.1, -0.05) is 30.3 Å².